The molecule has 4 rings (SSSR count). The van der Waals surface area contributed by atoms with Crippen molar-refractivity contribution in [2.45, 2.75) is 31.7 Å². The summed E-state index contributed by atoms with van der Waals surface area (Å²) in [6.45, 7) is 0. The van der Waals surface area contributed by atoms with E-state index in [1.165, 1.54) is 16.8 Å². The Morgan fingerprint density at radius 3 is 2.70 bits per heavy atom. The predicted molar refractivity (Wildman–Crippen MR) is 109 cm³/mol. The highest BCUT2D eigenvalue weighted by Crippen LogP contribution is 2.27. The molecule has 9 heteroatoms. The maximum atomic E-state index is 14.5. The van der Waals surface area contributed by atoms with Crippen molar-refractivity contribution in [1.82, 2.24) is 19.5 Å². The molecule has 1 saturated carbocycles. The maximum Gasteiger partial charge on any atom is 0.256 e. The zero-order valence-corrected chi connectivity index (χ0v) is 16.2. The number of rotatable bonds is 5. The van der Waals surface area contributed by atoms with Crippen LogP contribution in [0.4, 0.5) is 10.3 Å². The van der Waals surface area contributed by atoms with E-state index in [9.17, 15) is 14.0 Å². The van der Waals surface area contributed by atoms with Crippen molar-refractivity contribution >= 4 is 11.9 Å². The summed E-state index contributed by atoms with van der Waals surface area (Å²) in [7, 11) is 0. The number of hydrogen-bond donors (Lipinski definition) is 2. The third-order valence-electron chi connectivity index (χ3n) is 5.30. The van der Waals surface area contributed by atoms with Crippen LogP contribution in [-0.2, 0) is 4.79 Å². The van der Waals surface area contributed by atoms with Gasteiger partial charge in [-0.25, -0.2) is 19.3 Å². The van der Waals surface area contributed by atoms with E-state index >= 15 is 0 Å². The van der Waals surface area contributed by atoms with Crippen molar-refractivity contribution in [3.05, 3.63) is 65.1 Å². The Kier molecular flexibility index (Phi) is 5.51. The van der Waals surface area contributed by atoms with Crippen molar-refractivity contribution in [2.24, 2.45) is 11.7 Å². The molecule has 8 nitrogen and oxygen atoms in total. The Bertz CT molecular complexity index is 1120. The van der Waals surface area contributed by atoms with Gasteiger partial charge in [-0.05, 0) is 43.9 Å². The van der Waals surface area contributed by atoms with Crippen molar-refractivity contribution in [3.8, 4) is 17.1 Å². The highest BCUT2D eigenvalue weighted by atomic mass is 19.1. The van der Waals surface area contributed by atoms with Crippen LogP contribution in [0, 0.1) is 11.7 Å². The Hall–Kier alpha value is -3.62. The van der Waals surface area contributed by atoms with E-state index in [0.717, 1.165) is 19.0 Å². The summed E-state index contributed by atoms with van der Waals surface area (Å²) in [6.07, 6.45) is 7.17. The summed E-state index contributed by atoms with van der Waals surface area (Å²) in [6, 6.07) is 8.11. The molecular weight excluding hydrogens is 387 g/mol. The smallest absolute Gasteiger partial charge is 0.256 e. The molecule has 30 heavy (non-hydrogen) atoms. The van der Waals surface area contributed by atoms with Crippen LogP contribution >= 0.6 is 0 Å². The molecule has 3 aromatic rings. The summed E-state index contributed by atoms with van der Waals surface area (Å²) in [5.41, 5.74) is 5.74. The topological polar surface area (TPSA) is 116 Å². The largest absolute Gasteiger partial charge is 0.369 e. The Morgan fingerprint density at radius 1 is 1.17 bits per heavy atom. The molecule has 0 radical (unpaired) electrons. The van der Waals surface area contributed by atoms with Crippen molar-refractivity contribution in [2.75, 3.05) is 5.32 Å². The lowest BCUT2D eigenvalue weighted by Crippen LogP contribution is -2.32. The molecule has 3 aromatic heterocycles. The molecule has 3 N–H and O–H groups in total. The SMILES string of the molecule is NC(=O)C1CCC(Nc2ncc(F)c(-c3ccnc(-n4ccccc4=O)c3)n2)CC1. The van der Waals surface area contributed by atoms with Crippen LogP contribution in [-0.4, -0.2) is 31.5 Å². The van der Waals surface area contributed by atoms with Crippen LogP contribution in [0.5, 0.6) is 0 Å². The zero-order chi connectivity index (χ0) is 21.1. The summed E-state index contributed by atoms with van der Waals surface area (Å²) < 4.78 is 15.9. The van der Waals surface area contributed by atoms with Crippen LogP contribution in [0.25, 0.3) is 17.1 Å². The number of nitrogens with zero attached hydrogens (tertiary/aromatic N) is 4. The van der Waals surface area contributed by atoms with Gasteiger partial charge < -0.3 is 11.1 Å². The van der Waals surface area contributed by atoms with Crippen LogP contribution in [0.2, 0.25) is 0 Å². The summed E-state index contributed by atoms with van der Waals surface area (Å²) in [4.78, 5) is 36.0. The zero-order valence-electron chi connectivity index (χ0n) is 16.2. The second-order valence-corrected chi connectivity index (χ2v) is 7.30. The molecule has 1 amide bonds. The minimum atomic E-state index is -0.574. The number of amides is 1. The lowest BCUT2D eigenvalue weighted by Gasteiger charge is -2.27. The van der Waals surface area contributed by atoms with Crippen LogP contribution in [0.3, 0.4) is 0 Å². The van der Waals surface area contributed by atoms with E-state index in [0.29, 0.717) is 30.2 Å². The molecule has 0 saturated heterocycles. The third kappa shape index (κ3) is 4.19. The minimum absolute atomic E-state index is 0.0924. The fourth-order valence-corrected chi connectivity index (χ4v) is 3.66. The van der Waals surface area contributed by atoms with Crippen molar-refractivity contribution in [1.29, 1.82) is 0 Å². The number of anilines is 1. The maximum absolute atomic E-state index is 14.5. The standard InChI is InChI=1S/C21H21FN6O2/c22-16-12-25-21(26-15-6-4-13(5-7-15)20(23)30)27-19(16)14-8-9-24-17(11-14)28-10-2-1-3-18(28)29/h1-3,8-13,15H,4-7H2,(H2,23,30)(H,25,26,27). The van der Waals surface area contributed by atoms with Gasteiger partial charge in [-0.1, -0.05) is 6.07 Å². The Morgan fingerprint density at radius 2 is 1.97 bits per heavy atom. The first kappa shape index (κ1) is 19.7. The lowest BCUT2D eigenvalue weighted by molar-refractivity contribution is -0.122. The monoisotopic (exact) mass is 408 g/mol. The summed E-state index contributed by atoms with van der Waals surface area (Å²) in [5.74, 6) is -0.251. The highest BCUT2D eigenvalue weighted by molar-refractivity contribution is 5.76. The van der Waals surface area contributed by atoms with Gasteiger partial charge >= 0.3 is 0 Å². The first-order chi connectivity index (χ1) is 14.5. The number of primary amides is 1. The van der Waals surface area contributed by atoms with E-state index in [4.69, 9.17) is 5.73 Å². The van der Waals surface area contributed by atoms with Gasteiger partial charge in [0.15, 0.2) is 5.82 Å². The summed E-state index contributed by atoms with van der Waals surface area (Å²) in [5, 5.41) is 3.22. The predicted octanol–water partition coefficient (Wildman–Crippen LogP) is 2.28. The molecule has 0 aliphatic heterocycles. The van der Waals surface area contributed by atoms with Gasteiger partial charge in [0, 0.05) is 36.0 Å². The summed E-state index contributed by atoms with van der Waals surface area (Å²) >= 11 is 0. The van der Waals surface area contributed by atoms with E-state index in [1.54, 1.807) is 30.5 Å². The highest BCUT2D eigenvalue weighted by Gasteiger charge is 2.25. The second-order valence-electron chi connectivity index (χ2n) is 7.30. The average Bonchev–Trinajstić information content (AvgIpc) is 2.76. The molecule has 1 aliphatic rings. The Labute approximate surface area is 172 Å². The van der Waals surface area contributed by atoms with Crippen LogP contribution < -0.4 is 16.6 Å². The third-order valence-corrected chi connectivity index (χ3v) is 5.30. The lowest BCUT2D eigenvalue weighted by atomic mass is 9.86. The van der Waals surface area contributed by atoms with Crippen molar-refractivity contribution in [3.63, 3.8) is 0 Å². The van der Waals surface area contributed by atoms with E-state index in [-0.39, 0.29) is 29.1 Å². The van der Waals surface area contributed by atoms with Gasteiger partial charge in [0.25, 0.3) is 5.56 Å². The first-order valence-corrected chi connectivity index (χ1v) is 9.74. The molecule has 154 valence electrons. The number of nitrogens with one attached hydrogen (secondary N) is 1. The second kappa shape index (κ2) is 8.40. The molecule has 0 bridgehead atoms. The fraction of sp³-hybridized carbons (Fsp3) is 0.286. The number of aromatic nitrogens is 4. The minimum Gasteiger partial charge on any atom is -0.369 e. The van der Waals surface area contributed by atoms with Crippen LogP contribution in [0.15, 0.2) is 53.7 Å². The normalized spacial score (nSPS) is 18.7. The van der Waals surface area contributed by atoms with Crippen molar-refractivity contribution < 1.29 is 9.18 Å². The molecule has 0 aromatic carbocycles. The van der Waals surface area contributed by atoms with E-state index < -0.39 is 5.82 Å². The molecule has 0 spiro atoms. The average molecular weight is 408 g/mol. The van der Waals surface area contributed by atoms with Gasteiger partial charge in [0.2, 0.25) is 11.9 Å². The van der Waals surface area contributed by atoms with Gasteiger partial charge in [-0.3, -0.25) is 14.2 Å². The molecule has 1 fully saturated rings. The first-order valence-electron chi connectivity index (χ1n) is 9.74. The van der Waals surface area contributed by atoms with Gasteiger partial charge in [-0.2, -0.15) is 0 Å². The number of carbonyl (C=O) groups is 1. The molecule has 3 heterocycles. The number of nitrogens with two attached hydrogens (primary N) is 1. The number of halogens is 1. The van der Waals surface area contributed by atoms with Gasteiger partial charge in [0.1, 0.15) is 11.5 Å². The Balaban J connectivity index is 1.57. The molecular formula is C21H21FN6O2. The number of pyridine rings is 2. The van der Waals surface area contributed by atoms with Gasteiger partial charge in [-0.15, -0.1) is 0 Å². The number of hydrogen-bond acceptors (Lipinski definition) is 6. The van der Waals surface area contributed by atoms with E-state index in [2.05, 4.69) is 20.3 Å². The quantitative estimate of drug-likeness (QED) is 0.669. The molecule has 0 unspecified atom stereocenters. The molecule has 0 atom stereocenters. The fourth-order valence-electron chi connectivity index (χ4n) is 3.66. The number of carbonyl (C=O) groups excluding carboxylic acids is 1. The molecule has 1 aliphatic carbocycles. The van der Waals surface area contributed by atoms with Gasteiger partial charge in [0.05, 0.1) is 6.20 Å². The van der Waals surface area contributed by atoms with E-state index in [1.807, 2.05) is 0 Å². The van der Waals surface area contributed by atoms with Crippen LogP contribution in [0.1, 0.15) is 25.7 Å².